The van der Waals surface area contributed by atoms with E-state index in [9.17, 15) is 14.0 Å². The molecule has 0 unspecified atom stereocenters. The van der Waals surface area contributed by atoms with Crippen molar-refractivity contribution in [3.8, 4) is 5.75 Å². The summed E-state index contributed by atoms with van der Waals surface area (Å²) in [5.74, 6) is -1.25. The second kappa shape index (κ2) is 6.28. The lowest BCUT2D eigenvalue weighted by Gasteiger charge is -2.24. The van der Waals surface area contributed by atoms with E-state index in [1.165, 1.54) is 7.11 Å². The van der Waals surface area contributed by atoms with Gasteiger partial charge in [0.15, 0.2) is 11.6 Å². The van der Waals surface area contributed by atoms with Crippen LogP contribution in [0, 0.1) is 11.7 Å². The highest BCUT2D eigenvalue weighted by molar-refractivity contribution is 5.96. The normalized spacial score (nSPS) is 22.5. The largest absolute Gasteiger partial charge is 0.492 e. The Hall–Kier alpha value is -2.61. The summed E-state index contributed by atoms with van der Waals surface area (Å²) in [5, 5.41) is 12.6. The molecule has 7 nitrogen and oxygen atoms in total. The molecule has 2 atom stereocenters. The molecule has 3 heterocycles. The van der Waals surface area contributed by atoms with Gasteiger partial charge in [0.05, 0.1) is 18.0 Å². The summed E-state index contributed by atoms with van der Waals surface area (Å²) in [6.07, 6.45) is 3.34. The molecule has 8 heteroatoms. The molecule has 0 saturated carbocycles. The molecule has 2 aromatic rings. The molecule has 2 aliphatic heterocycles. The first kappa shape index (κ1) is 16.8. The number of halogens is 1. The number of piperidine rings is 1. The van der Waals surface area contributed by atoms with E-state index in [0.29, 0.717) is 36.3 Å². The van der Waals surface area contributed by atoms with E-state index >= 15 is 0 Å². The molecule has 0 spiro atoms. The van der Waals surface area contributed by atoms with Crippen LogP contribution in [0.5, 0.6) is 5.75 Å². The van der Waals surface area contributed by atoms with Gasteiger partial charge >= 0.3 is 5.97 Å². The van der Waals surface area contributed by atoms with Gasteiger partial charge in [-0.25, -0.2) is 9.18 Å². The summed E-state index contributed by atoms with van der Waals surface area (Å²) in [5.41, 5.74) is -0.536. The fourth-order valence-corrected chi connectivity index (χ4v) is 4.18. The van der Waals surface area contributed by atoms with Crippen LogP contribution in [-0.2, 0) is 0 Å². The monoisotopic (exact) mass is 361 g/mol. The molecule has 4 rings (SSSR count). The standard InChI is InChI=1S/C18H20FN3O4/c1-26-17-14-10(16(23)11(6-21-14)18(24)25)5-12(19)15(17)22-7-9-3-2-4-20-13(9)8-22/h5-6,9,13,20H,2-4,7-8H2,1H3,(H,21,23)(H,24,25)/t9-,13+/m0/s1. The number of anilines is 1. The van der Waals surface area contributed by atoms with E-state index in [2.05, 4.69) is 10.3 Å². The number of fused-ring (bicyclic) bond motifs is 2. The van der Waals surface area contributed by atoms with Crippen molar-refractivity contribution in [1.82, 2.24) is 10.3 Å². The molecule has 0 bridgehead atoms. The molecule has 138 valence electrons. The van der Waals surface area contributed by atoms with Crippen molar-refractivity contribution in [3.05, 3.63) is 33.9 Å². The van der Waals surface area contributed by atoms with Crippen LogP contribution < -0.4 is 20.4 Å². The molecule has 1 aromatic heterocycles. The maximum atomic E-state index is 15.0. The number of benzene rings is 1. The summed E-state index contributed by atoms with van der Waals surface area (Å²) in [6.45, 7) is 2.35. The van der Waals surface area contributed by atoms with Gasteiger partial charge < -0.3 is 25.0 Å². The highest BCUT2D eigenvalue weighted by atomic mass is 19.1. The molecule has 0 radical (unpaired) electrons. The third-order valence-electron chi connectivity index (χ3n) is 5.41. The number of hydrogen-bond acceptors (Lipinski definition) is 5. The maximum Gasteiger partial charge on any atom is 0.341 e. The van der Waals surface area contributed by atoms with E-state index < -0.39 is 22.8 Å². The fourth-order valence-electron chi connectivity index (χ4n) is 4.18. The van der Waals surface area contributed by atoms with Crippen LogP contribution in [0.15, 0.2) is 17.1 Å². The second-order valence-electron chi connectivity index (χ2n) is 6.87. The Kier molecular flexibility index (Phi) is 4.07. The van der Waals surface area contributed by atoms with Crippen LogP contribution in [-0.4, -0.2) is 48.8 Å². The number of carboxylic acids is 1. The minimum absolute atomic E-state index is 0.0299. The van der Waals surface area contributed by atoms with Gasteiger partial charge in [0.1, 0.15) is 11.3 Å². The number of carboxylic acid groups (broad SMARTS) is 1. The van der Waals surface area contributed by atoms with Gasteiger partial charge in [-0.3, -0.25) is 4.79 Å². The minimum atomic E-state index is -1.36. The lowest BCUT2D eigenvalue weighted by Crippen LogP contribution is -2.40. The summed E-state index contributed by atoms with van der Waals surface area (Å²) >= 11 is 0. The van der Waals surface area contributed by atoms with Crippen molar-refractivity contribution in [2.75, 3.05) is 31.6 Å². The zero-order chi connectivity index (χ0) is 18.4. The third kappa shape index (κ3) is 2.52. The van der Waals surface area contributed by atoms with Crippen molar-refractivity contribution in [2.24, 2.45) is 5.92 Å². The molecular weight excluding hydrogens is 341 g/mol. The summed E-state index contributed by atoms with van der Waals surface area (Å²) in [7, 11) is 1.42. The molecular formula is C18H20FN3O4. The molecule has 3 N–H and O–H groups in total. The van der Waals surface area contributed by atoms with Crippen LogP contribution in [0.2, 0.25) is 0 Å². The molecule has 2 fully saturated rings. The number of H-pyrrole nitrogens is 1. The van der Waals surface area contributed by atoms with Crippen LogP contribution in [0.3, 0.4) is 0 Å². The third-order valence-corrected chi connectivity index (χ3v) is 5.41. The van der Waals surface area contributed by atoms with Crippen molar-refractivity contribution in [2.45, 2.75) is 18.9 Å². The highest BCUT2D eigenvalue weighted by Gasteiger charge is 2.37. The van der Waals surface area contributed by atoms with Crippen LogP contribution >= 0.6 is 0 Å². The minimum Gasteiger partial charge on any atom is -0.492 e. The number of nitrogens with one attached hydrogen (secondary N) is 2. The number of rotatable bonds is 3. The van der Waals surface area contributed by atoms with E-state index in [1.807, 2.05) is 4.90 Å². The number of carbonyl (C=O) groups is 1. The fraction of sp³-hybridized carbons (Fsp3) is 0.444. The smallest absolute Gasteiger partial charge is 0.341 e. The Balaban J connectivity index is 1.86. The quantitative estimate of drug-likeness (QED) is 0.768. The van der Waals surface area contributed by atoms with Crippen LogP contribution in [0.4, 0.5) is 10.1 Å². The SMILES string of the molecule is COc1c(N2C[C@@H]3CCCN[C@@H]3C2)c(F)cc2c(=O)c(C(=O)O)c[nH]c12. The molecule has 0 aliphatic carbocycles. The highest BCUT2D eigenvalue weighted by Crippen LogP contribution is 2.40. The first-order chi connectivity index (χ1) is 12.5. The zero-order valence-corrected chi connectivity index (χ0v) is 14.3. The Morgan fingerprint density at radius 1 is 1.42 bits per heavy atom. The van der Waals surface area contributed by atoms with Crippen LogP contribution in [0.1, 0.15) is 23.2 Å². The van der Waals surface area contributed by atoms with Gasteiger partial charge in [0.2, 0.25) is 5.43 Å². The van der Waals surface area contributed by atoms with Crippen LogP contribution in [0.25, 0.3) is 10.9 Å². The molecule has 1 aromatic carbocycles. The van der Waals surface area contributed by atoms with Gasteiger partial charge in [-0.1, -0.05) is 0 Å². The number of aromatic carboxylic acids is 1. The second-order valence-corrected chi connectivity index (χ2v) is 6.87. The lowest BCUT2D eigenvalue weighted by atomic mass is 9.94. The van der Waals surface area contributed by atoms with Gasteiger partial charge in [-0.05, 0) is 31.4 Å². The first-order valence-corrected chi connectivity index (χ1v) is 8.64. The molecule has 2 saturated heterocycles. The lowest BCUT2D eigenvalue weighted by molar-refractivity contribution is 0.0695. The van der Waals surface area contributed by atoms with Crippen molar-refractivity contribution < 1.29 is 19.0 Å². The molecule has 0 amide bonds. The number of ether oxygens (including phenoxy) is 1. The predicted octanol–water partition coefficient (Wildman–Crippen LogP) is 1.56. The van der Waals surface area contributed by atoms with Gasteiger partial charge in [-0.2, -0.15) is 0 Å². The summed E-state index contributed by atoms with van der Waals surface area (Å²) < 4.78 is 20.4. The molecule has 2 aliphatic rings. The number of methoxy groups -OCH3 is 1. The van der Waals surface area contributed by atoms with Gasteiger partial charge in [-0.15, -0.1) is 0 Å². The number of aromatic amines is 1. The van der Waals surface area contributed by atoms with E-state index in [0.717, 1.165) is 31.6 Å². The Labute approximate surface area is 148 Å². The number of aromatic nitrogens is 1. The Morgan fingerprint density at radius 3 is 2.92 bits per heavy atom. The molecule has 26 heavy (non-hydrogen) atoms. The Bertz CT molecular complexity index is 928. The number of pyridine rings is 1. The average Bonchev–Trinajstić information content (AvgIpc) is 3.04. The van der Waals surface area contributed by atoms with Gasteiger partial charge in [0, 0.05) is 25.3 Å². The van der Waals surface area contributed by atoms with Crippen molar-refractivity contribution in [1.29, 1.82) is 0 Å². The van der Waals surface area contributed by atoms with E-state index in [1.54, 1.807) is 0 Å². The van der Waals surface area contributed by atoms with Gasteiger partial charge in [0.25, 0.3) is 0 Å². The zero-order valence-electron chi connectivity index (χ0n) is 14.3. The maximum absolute atomic E-state index is 15.0. The van der Waals surface area contributed by atoms with Crippen molar-refractivity contribution in [3.63, 3.8) is 0 Å². The first-order valence-electron chi connectivity index (χ1n) is 8.64. The number of nitrogens with zero attached hydrogens (tertiary/aromatic N) is 1. The van der Waals surface area contributed by atoms with Crippen molar-refractivity contribution >= 4 is 22.6 Å². The summed E-state index contributed by atoms with van der Waals surface area (Å²) in [4.78, 5) is 28.3. The van der Waals surface area contributed by atoms with E-state index in [4.69, 9.17) is 9.84 Å². The Morgan fingerprint density at radius 2 is 2.23 bits per heavy atom. The number of hydrogen-bond donors (Lipinski definition) is 3. The summed E-state index contributed by atoms with van der Waals surface area (Å²) in [6, 6.07) is 1.42. The van der Waals surface area contributed by atoms with E-state index in [-0.39, 0.29) is 11.1 Å². The average molecular weight is 361 g/mol. The predicted molar refractivity (Wildman–Crippen MR) is 94.8 cm³/mol. The topological polar surface area (TPSA) is 94.7 Å².